The highest BCUT2D eigenvalue weighted by Crippen LogP contribution is 1.98. The van der Waals surface area contributed by atoms with E-state index in [2.05, 4.69) is 24.2 Å². The molecular formula is C9H22N4O. The highest BCUT2D eigenvalue weighted by molar-refractivity contribution is 5.75. The van der Waals surface area contributed by atoms with Gasteiger partial charge in [0.25, 0.3) is 0 Å². The molecule has 0 heterocycles. The van der Waals surface area contributed by atoms with Crippen LogP contribution >= 0.6 is 0 Å². The van der Waals surface area contributed by atoms with Crippen LogP contribution in [0.1, 0.15) is 26.7 Å². The average Bonchev–Trinajstić information content (AvgIpc) is 2.09. The van der Waals surface area contributed by atoms with Gasteiger partial charge in [0.15, 0.2) is 5.96 Å². The van der Waals surface area contributed by atoms with Gasteiger partial charge in [0.1, 0.15) is 0 Å². The first-order valence-electron chi connectivity index (χ1n) is 4.98. The van der Waals surface area contributed by atoms with Crippen molar-refractivity contribution in [2.45, 2.75) is 38.8 Å². The van der Waals surface area contributed by atoms with Crippen LogP contribution in [0.5, 0.6) is 0 Å². The van der Waals surface area contributed by atoms with Crippen molar-refractivity contribution < 1.29 is 5.11 Å². The molecule has 1 atom stereocenters. The molecule has 0 aliphatic heterocycles. The van der Waals surface area contributed by atoms with Gasteiger partial charge in [-0.2, -0.15) is 0 Å². The Labute approximate surface area is 85.6 Å². The summed E-state index contributed by atoms with van der Waals surface area (Å²) in [7, 11) is 0. The number of nitrogens with two attached hydrogens (primary N) is 2. The summed E-state index contributed by atoms with van der Waals surface area (Å²) in [4.78, 5) is 3.87. The van der Waals surface area contributed by atoms with Crippen LogP contribution in [-0.2, 0) is 0 Å². The van der Waals surface area contributed by atoms with Crippen LogP contribution in [0.2, 0.25) is 0 Å². The van der Waals surface area contributed by atoms with Gasteiger partial charge in [0, 0.05) is 18.6 Å². The number of hydrogen-bond acceptors (Lipinski definition) is 3. The lowest BCUT2D eigenvalue weighted by Crippen LogP contribution is -2.37. The lowest BCUT2D eigenvalue weighted by Gasteiger charge is -2.18. The summed E-state index contributed by atoms with van der Waals surface area (Å²) in [5, 5.41) is 12.3. The zero-order valence-corrected chi connectivity index (χ0v) is 9.03. The second kappa shape index (κ2) is 7.58. The van der Waals surface area contributed by atoms with Gasteiger partial charge < -0.3 is 21.9 Å². The van der Waals surface area contributed by atoms with Crippen molar-refractivity contribution in [3.8, 4) is 0 Å². The van der Waals surface area contributed by atoms with Gasteiger partial charge in [-0.05, 0) is 12.8 Å². The number of aliphatic imine (C=N–C) groups is 1. The molecule has 0 aliphatic rings. The fourth-order valence-corrected chi connectivity index (χ4v) is 1.24. The largest absolute Gasteiger partial charge is 0.395 e. The van der Waals surface area contributed by atoms with Gasteiger partial charge in [-0.15, -0.1) is 0 Å². The van der Waals surface area contributed by atoms with E-state index in [4.69, 9.17) is 16.6 Å². The molecule has 0 radical (unpaired) electrons. The zero-order chi connectivity index (χ0) is 11.0. The average molecular weight is 202 g/mol. The number of hydrogen-bond donors (Lipinski definition) is 4. The van der Waals surface area contributed by atoms with E-state index in [-0.39, 0.29) is 18.6 Å². The fraction of sp³-hybridized carbons (Fsp3) is 0.889. The maximum Gasteiger partial charge on any atom is 0.185 e. The predicted octanol–water partition coefficient (Wildman–Crippen LogP) is -0.601. The SMILES string of the molecule is CC(C)N[C@H](CO)CCCN=C(N)N. The Kier molecular flexibility index (Phi) is 7.14. The maximum atomic E-state index is 9.04. The third-order valence-corrected chi connectivity index (χ3v) is 1.79. The Hall–Kier alpha value is -0.810. The summed E-state index contributed by atoms with van der Waals surface area (Å²) in [5.41, 5.74) is 10.4. The van der Waals surface area contributed by atoms with E-state index in [9.17, 15) is 0 Å². The van der Waals surface area contributed by atoms with Crippen molar-refractivity contribution in [1.82, 2.24) is 5.32 Å². The standard InChI is InChI=1S/C9H22N4O/c1-7(2)13-8(6-14)4-3-5-12-9(10)11/h7-8,13-14H,3-6H2,1-2H3,(H4,10,11,12)/t8-/m0/s1. The molecule has 0 aliphatic carbocycles. The molecule has 0 unspecified atom stereocenters. The van der Waals surface area contributed by atoms with Crippen molar-refractivity contribution in [3.05, 3.63) is 0 Å². The van der Waals surface area contributed by atoms with E-state index < -0.39 is 0 Å². The van der Waals surface area contributed by atoms with Gasteiger partial charge >= 0.3 is 0 Å². The van der Waals surface area contributed by atoms with Crippen LogP contribution in [0.25, 0.3) is 0 Å². The molecule has 14 heavy (non-hydrogen) atoms. The van der Waals surface area contributed by atoms with E-state index >= 15 is 0 Å². The number of rotatable bonds is 7. The molecule has 0 aromatic carbocycles. The van der Waals surface area contributed by atoms with Crippen molar-refractivity contribution in [2.75, 3.05) is 13.2 Å². The van der Waals surface area contributed by atoms with Crippen molar-refractivity contribution in [2.24, 2.45) is 16.5 Å². The lowest BCUT2D eigenvalue weighted by atomic mass is 10.1. The van der Waals surface area contributed by atoms with E-state index in [1.54, 1.807) is 0 Å². The maximum absolute atomic E-state index is 9.04. The van der Waals surface area contributed by atoms with Crippen LogP contribution < -0.4 is 16.8 Å². The van der Waals surface area contributed by atoms with Crippen LogP contribution in [0.15, 0.2) is 4.99 Å². The Morgan fingerprint density at radius 1 is 1.43 bits per heavy atom. The lowest BCUT2D eigenvalue weighted by molar-refractivity contribution is 0.227. The Bertz CT molecular complexity index is 166. The molecule has 0 saturated carbocycles. The molecule has 0 bridgehead atoms. The van der Waals surface area contributed by atoms with E-state index in [0.717, 1.165) is 12.8 Å². The Morgan fingerprint density at radius 2 is 2.07 bits per heavy atom. The van der Waals surface area contributed by atoms with Gasteiger partial charge in [-0.3, -0.25) is 4.99 Å². The number of aliphatic hydroxyl groups is 1. The minimum Gasteiger partial charge on any atom is -0.395 e. The van der Waals surface area contributed by atoms with Gasteiger partial charge in [0.05, 0.1) is 6.61 Å². The van der Waals surface area contributed by atoms with Crippen molar-refractivity contribution >= 4 is 5.96 Å². The normalized spacial score (nSPS) is 12.9. The molecular weight excluding hydrogens is 180 g/mol. The molecule has 0 saturated heterocycles. The summed E-state index contributed by atoms with van der Waals surface area (Å²) in [6.07, 6.45) is 1.76. The van der Waals surface area contributed by atoms with Crippen molar-refractivity contribution in [3.63, 3.8) is 0 Å². The van der Waals surface area contributed by atoms with E-state index in [1.165, 1.54) is 0 Å². The number of nitrogens with zero attached hydrogens (tertiary/aromatic N) is 1. The summed E-state index contributed by atoms with van der Waals surface area (Å²) in [6.45, 7) is 4.88. The minimum absolute atomic E-state index is 0.127. The highest BCUT2D eigenvalue weighted by Gasteiger charge is 2.07. The molecule has 6 N–H and O–H groups in total. The molecule has 0 aromatic heterocycles. The quantitative estimate of drug-likeness (QED) is 0.252. The van der Waals surface area contributed by atoms with E-state index in [0.29, 0.717) is 12.6 Å². The fourth-order valence-electron chi connectivity index (χ4n) is 1.24. The predicted molar refractivity (Wildman–Crippen MR) is 59.1 cm³/mol. The number of guanidine groups is 1. The van der Waals surface area contributed by atoms with Crippen LogP contribution in [0.4, 0.5) is 0 Å². The highest BCUT2D eigenvalue weighted by atomic mass is 16.3. The third-order valence-electron chi connectivity index (χ3n) is 1.79. The molecule has 84 valence electrons. The summed E-state index contributed by atoms with van der Waals surface area (Å²) < 4.78 is 0. The van der Waals surface area contributed by atoms with Gasteiger partial charge in [-0.1, -0.05) is 13.8 Å². The second-order valence-electron chi connectivity index (χ2n) is 3.65. The van der Waals surface area contributed by atoms with Crippen LogP contribution in [0.3, 0.4) is 0 Å². The van der Waals surface area contributed by atoms with Gasteiger partial charge in [-0.25, -0.2) is 0 Å². The Morgan fingerprint density at radius 3 is 2.50 bits per heavy atom. The van der Waals surface area contributed by atoms with Gasteiger partial charge in [0.2, 0.25) is 0 Å². The first kappa shape index (κ1) is 13.2. The molecule has 0 rings (SSSR count). The summed E-state index contributed by atoms with van der Waals surface area (Å²) >= 11 is 0. The smallest absolute Gasteiger partial charge is 0.185 e. The summed E-state index contributed by atoms with van der Waals surface area (Å²) in [5.74, 6) is 0.127. The molecule has 5 nitrogen and oxygen atoms in total. The third kappa shape index (κ3) is 7.82. The van der Waals surface area contributed by atoms with E-state index in [1.807, 2.05) is 0 Å². The first-order valence-corrected chi connectivity index (χ1v) is 4.98. The summed E-state index contributed by atoms with van der Waals surface area (Å²) in [6, 6.07) is 0.527. The molecule has 0 aromatic rings. The monoisotopic (exact) mass is 202 g/mol. The minimum atomic E-state index is 0.127. The van der Waals surface area contributed by atoms with Crippen LogP contribution in [-0.4, -0.2) is 36.3 Å². The Balaban J connectivity index is 3.57. The topological polar surface area (TPSA) is 96.7 Å². The molecule has 0 fully saturated rings. The zero-order valence-electron chi connectivity index (χ0n) is 9.03. The van der Waals surface area contributed by atoms with Crippen molar-refractivity contribution in [1.29, 1.82) is 0 Å². The van der Waals surface area contributed by atoms with Crippen LogP contribution in [0, 0.1) is 0 Å². The molecule has 0 spiro atoms. The molecule has 0 amide bonds. The second-order valence-corrected chi connectivity index (χ2v) is 3.65. The molecule has 5 heteroatoms. The first-order chi connectivity index (χ1) is 6.56. The number of nitrogens with one attached hydrogen (secondary N) is 1. The number of aliphatic hydroxyl groups excluding tert-OH is 1.